The van der Waals surface area contributed by atoms with Gasteiger partial charge in [0.1, 0.15) is 0 Å². The maximum atomic E-state index is 10.1. The van der Waals surface area contributed by atoms with Crippen molar-refractivity contribution >= 4 is 0 Å². The highest BCUT2D eigenvalue weighted by molar-refractivity contribution is 5.18. The molecule has 1 aliphatic rings. The molecule has 1 saturated heterocycles. The molecule has 0 spiro atoms. The van der Waals surface area contributed by atoms with Crippen LogP contribution in [0.1, 0.15) is 49.9 Å². The highest BCUT2D eigenvalue weighted by Gasteiger charge is 2.32. The van der Waals surface area contributed by atoms with Gasteiger partial charge in [-0.1, -0.05) is 121 Å². The summed E-state index contributed by atoms with van der Waals surface area (Å²) >= 11 is 0. The van der Waals surface area contributed by atoms with E-state index in [2.05, 4.69) is 121 Å². The lowest BCUT2D eigenvalue weighted by Gasteiger charge is -2.29. The SMILES string of the molecule is CC(C)(O)CN(Cc1ccccc1)Cc1ccccc1.CC1(C)CO1.c1ccc(CNCc2ccccc2)cc1. The summed E-state index contributed by atoms with van der Waals surface area (Å²) in [4.78, 5) is 2.28. The summed E-state index contributed by atoms with van der Waals surface area (Å²) in [5.41, 5.74) is 4.76. The van der Waals surface area contributed by atoms with E-state index in [1.165, 1.54) is 22.3 Å². The van der Waals surface area contributed by atoms with E-state index < -0.39 is 5.60 Å². The fourth-order valence-corrected chi connectivity index (χ4v) is 4.09. The fourth-order valence-electron chi connectivity index (χ4n) is 4.09. The molecule has 0 amide bonds. The number of nitrogens with zero attached hydrogens (tertiary/aromatic N) is 1. The molecule has 4 nitrogen and oxygen atoms in total. The van der Waals surface area contributed by atoms with Gasteiger partial charge in [-0.2, -0.15) is 0 Å². The lowest BCUT2D eigenvalue weighted by atomic mass is 10.1. The van der Waals surface area contributed by atoms with Crippen molar-refractivity contribution < 1.29 is 9.84 Å². The lowest BCUT2D eigenvalue weighted by molar-refractivity contribution is 0.0307. The number of epoxide rings is 1. The zero-order valence-corrected chi connectivity index (χ0v) is 24.6. The van der Waals surface area contributed by atoms with E-state index in [-0.39, 0.29) is 5.60 Å². The van der Waals surface area contributed by atoms with Gasteiger partial charge in [0.2, 0.25) is 0 Å². The molecule has 5 rings (SSSR count). The molecule has 4 aromatic carbocycles. The topological polar surface area (TPSA) is 48.0 Å². The van der Waals surface area contributed by atoms with Crippen LogP contribution >= 0.6 is 0 Å². The van der Waals surface area contributed by atoms with E-state index in [0.717, 1.165) is 32.8 Å². The van der Waals surface area contributed by atoms with Crippen LogP contribution < -0.4 is 5.32 Å². The normalized spacial score (nSPS) is 13.4. The number of benzene rings is 4. The highest BCUT2D eigenvalue weighted by Crippen LogP contribution is 2.23. The van der Waals surface area contributed by atoms with Crippen LogP contribution in [0.15, 0.2) is 121 Å². The Balaban J connectivity index is 0.000000192. The molecule has 0 aromatic heterocycles. The van der Waals surface area contributed by atoms with Gasteiger partial charge in [-0.15, -0.1) is 0 Å². The van der Waals surface area contributed by atoms with Crippen molar-refractivity contribution in [3.05, 3.63) is 144 Å². The number of rotatable bonds is 10. The molecule has 0 saturated carbocycles. The molecule has 0 aliphatic carbocycles. The molecular formula is C36H46N2O2. The van der Waals surface area contributed by atoms with E-state index in [1.807, 2.05) is 38.1 Å². The zero-order valence-electron chi connectivity index (χ0n) is 24.6. The second kappa shape index (κ2) is 16.1. The van der Waals surface area contributed by atoms with Gasteiger partial charge in [0.15, 0.2) is 0 Å². The fraction of sp³-hybridized carbons (Fsp3) is 0.333. The predicted molar refractivity (Wildman–Crippen MR) is 167 cm³/mol. The third kappa shape index (κ3) is 14.2. The third-order valence-corrected chi connectivity index (χ3v) is 6.17. The minimum absolute atomic E-state index is 0.250. The Morgan fingerprint density at radius 2 is 0.950 bits per heavy atom. The van der Waals surface area contributed by atoms with Gasteiger partial charge in [-0.05, 0) is 49.9 Å². The number of aliphatic hydroxyl groups is 1. The first-order valence-corrected chi connectivity index (χ1v) is 14.1. The first kappa shape index (κ1) is 31.3. The minimum Gasteiger partial charge on any atom is -0.389 e. The van der Waals surface area contributed by atoms with E-state index in [1.54, 1.807) is 0 Å². The van der Waals surface area contributed by atoms with Crippen molar-refractivity contribution in [2.24, 2.45) is 0 Å². The van der Waals surface area contributed by atoms with E-state index in [4.69, 9.17) is 4.74 Å². The maximum Gasteiger partial charge on any atom is 0.0860 e. The quantitative estimate of drug-likeness (QED) is 0.209. The predicted octanol–water partition coefficient (Wildman–Crippen LogP) is 7.23. The first-order chi connectivity index (χ1) is 19.2. The standard InChI is InChI=1S/C18H23NO.C14H15N.C4H8O/c1-18(2,20)15-19(13-16-9-5-3-6-10-16)14-17-11-7-4-8-12-17;1-3-7-13(8-4-1)11-15-12-14-9-5-2-6-10-14;1-4(2)3-5-4/h3-12,20H,13-15H2,1-2H3;1-10,15H,11-12H2;3H2,1-2H3. The highest BCUT2D eigenvalue weighted by atomic mass is 16.6. The summed E-state index contributed by atoms with van der Waals surface area (Å²) in [6, 6.07) is 41.7. The van der Waals surface area contributed by atoms with Crippen LogP contribution in [0, 0.1) is 0 Å². The van der Waals surface area contributed by atoms with Crippen LogP contribution in [0.3, 0.4) is 0 Å². The molecule has 0 atom stereocenters. The second-order valence-corrected chi connectivity index (χ2v) is 11.6. The average molecular weight is 539 g/mol. The summed E-state index contributed by atoms with van der Waals surface area (Å²) in [7, 11) is 0. The monoisotopic (exact) mass is 538 g/mol. The van der Waals surface area contributed by atoms with E-state index in [9.17, 15) is 5.11 Å². The van der Waals surface area contributed by atoms with E-state index >= 15 is 0 Å². The van der Waals surface area contributed by atoms with Gasteiger partial charge in [-0.3, -0.25) is 4.90 Å². The van der Waals surface area contributed by atoms with Crippen molar-refractivity contribution in [1.29, 1.82) is 0 Å². The van der Waals surface area contributed by atoms with Crippen LogP contribution in [-0.2, 0) is 30.9 Å². The summed E-state index contributed by atoms with van der Waals surface area (Å²) in [6.45, 7) is 13.0. The Bertz CT molecular complexity index is 1100. The van der Waals surface area contributed by atoms with Gasteiger partial charge in [0.05, 0.1) is 17.8 Å². The molecule has 2 N–H and O–H groups in total. The summed E-state index contributed by atoms with van der Waals surface area (Å²) in [5.74, 6) is 0. The summed E-state index contributed by atoms with van der Waals surface area (Å²) in [5, 5.41) is 13.5. The second-order valence-electron chi connectivity index (χ2n) is 11.6. The number of ether oxygens (including phenoxy) is 1. The zero-order chi connectivity index (χ0) is 28.7. The van der Waals surface area contributed by atoms with Gasteiger partial charge >= 0.3 is 0 Å². The molecule has 40 heavy (non-hydrogen) atoms. The van der Waals surface area contributed by atoms with Crippen molar-refractivity contribution in [1.82, 2.24) is 10.2 Å². The Labute approximate surface area is 241 Å². The van der Waals surface area contributed by atoms with Gasteiger partial charge in [0.25, 0.3) is 0 Å². The molecule has 1 aliphatic heterocycles. The Morgan fingerprint density at radius 1 is 0.650 bits per heavy atom. The molecule has 0 unspecified atom stereocenters. The molecule has 212 valence electrons. The molecule has 4 aromatic rings. The Hall–Kier alpha value is -3.28. The smallest absolute Gasteiger partial charge is 0.0860 e. The molecule has 0 radical (unpaired) electrons. The van der Waals surface area contributed by atoms with Crippen LogP contribution in [0.25, 0.3) is 0 Å². The van der Waals surface area contributed by atoms with Gasteiger partial charge in [0, 0.05) is 32.7 Å². The Kier molecular flexibility index (Phi) is 12.6. The number of hydrogen-bond donors (Lipinski definition) is 2. The largest absolute Gasteiger partial charge is 0.389 e. The van der Waals surface area contributed by atoms with Crippen LogP contribution in [0.4, 0.5) is 0 Å². The van der Waals surface area contributed by atoms with Crippen LogP contribution in [0.5, 0.6) is 0 Å². The van der Waals surface area contributed by atoms with Crippen LogP contribution in [-0.4, -0.2) is 34.4 Å². The molecule has 4 heteroatoms. The van der Waals surface area contributed by atoms with Crippen molar-refractivity contribution in [3.8, 4) is 0 Å². The average Bonchev–Trinajstić information content (AvgIpc) is 3.65. The number of nitrogens with one attached hydrogen (secondary N) is 1. The molecule has 1 fully saturated rings. The van der Waals surface area contributed by atoms with Crippen molar-refractivity contribution in [2.75, 3.05) is 13.2 Å². The summed E-state index contributed by atoms with van der Waals surface area (Å²) in [6.07, 6.45) is 0. The minimum atomic E-state index is -0.691. The van der Waals surface area contributed by atoms with Crippen molar-refractivity contribution in [3.63, 3.8) is 0 Å². The van der Waals surface area contributed by atoms with Gasteiger partial charge in [-0.25, -0.2) is 0 Å². The third-order valence-electron chi connectivity index (χ3n) is 6.17. The van der Waals surface area contributed by atoms with Gasteiger partial charge < -0.3 is 15.2 Å². The number of hydrogen-bond acceptors (Lipinski definition) is 4. The van der Waals surface area contributed by atoms with E-state index in [0.29, 0.717) is 6.54 Å². The molecule has 1 heterocycles. The molecule has 0 bridgehead atoms. The lowest BCUT2D eigenvalue weighted by Crippen LogP contribution is -2.37. The first-order valence-electron chi connectivity index (χ1n) is 14.1. The maximum absolute atomic E-state index is 10.1. The molecular weight excluding hydrogens is 492 g/mol. The van der Waals surface area contributed by atoms with Crippen LogP contribution in [0.2, 0.25) is 0 Å². The Morgan fingerprint density at radius 3 is 1.23 bits per heavy atom. The van der Waals surface area contributed by atoms with Crippen molar-refractivity contribution in [2.45, 2.75) is 65.1 Å². The summed E-state index contributed by atoms with van der Waals surface area (Å²) < 4.78 is 4.90.